The molecule has 2 aromatic rings. The Balaban J connectivity index is 2.32. The van der Waals surface area contributed by atoms with E-state index in [0.717, 1.165) is 5.56 Å². The molecule has 6 nitrogen and oxygen atoms in total. The normalized spacial score (nSPS) is 11.7. The monoisotopic (exact) mass is 282 g/mol. The topological polar surface area (TPSA) is 74.5 Å². The fraction of sp³-hybridized carbons (Fsp3) is 0.333. The van der Waals surface area contributed by atoms with Crippen molar-refractivity contribution < 1.29 is 18.1 Å². The molecular formula is C12H15N2O4P. The summed E-state index contributed by atoms with van der Waals surface area (Å²) in [6, 6.07) is 5.14. The minimum atomic E-state index is -3.42. The van der Waals surface area contributed by atoms with Crippen LogP contribution in [0.3, 0.4) is 0 Å². The number of nitrogens with zero attached hydrogens (tertiary/aromatic N) is 2. The second-order valence-corrected chi connectivity index (χ2v) is 5.57. The van der Waals surface area contributed by atoms with Gasteiger partial charge in [0.2, 0.25) is 5.50 Å². The van der Waals surface area contributed by atoms with E-state index in [1.807, 2.05) is 0 Å². The lowest BCUT2D eigenvalue weighted by atomic mass is 10.2. The standard InChI is InChI=1S/C12H15N2O4P/c1-3-16-19(15,17-4-2)12-9-11(14-18-12)10-5-7-13-8-6-10/h5-9H,3-4H2,1-2H3. The van der Waals surface area contributed by atoms with Gasteiger partial charge in [0, 0.05) is 24.0 Å². The molecule has 0 fully saturated rings. The summed E-state index contributed by atoms with van der Waals surface area (Å²) in [5.41, 5.74) is 1.50. The van der Waals surface area contributed by atoms with Gasteiger partial charge < -0.3 is 13.6 Å². The lowest BCUT2D eigenvalue weighted by molar-refractivity contribution is 0.223. The largest absolute Gasteiger partial charge is 0.399 e. The molecule has 2 heterocycles. The maximum atomic E-state index is 12.5. The van der Waals surface area contributed by atoms with Gasteiger partial charge in [0.05, 0.1) is 13.2 Å². The van der Waals surface area contributed by atoms with Crippen molar-refractivity contribution in [2.24, 2.45) is 0 Å². The van der Waals surface area contributed by atoms with Crippen molar-refractivity contribution in [3.8, 4) is 11.3 Å². The summed E-state index contributed by atoms with van der Waals surface area (Å²) in [6.45, 7) is 4.02. The molecule has 2 rings (SSSR count). The molecule has 0 bridgehead atoms. The van der Waals surface area contributed by atoms with Gasteiger partial charge in [-0.2, -0.15) is 0 Å². The van der Waals surface area contributed by atoms with Crippen LogP contribution in [0.4, 0.5) is 0 Å². The van der Waals surface area contributed by atoms with E-state index in [0.29, 0.717) is 5.69 Å². The molecule has 0 aliphatic carbocycles. The Hall–Kier alpha value is -1.49. The zero-order valence-corrected chi connectivity index (χ0v) is 11.7. The summed E-state index contributed by atoms with van der Waals surface area (Å²) >= 11 is 0. The Morgan fingerprint density at radius 3 is 2.42 bits per heavy atom. The van der Waals surface area contributed by atoms with Crippen LogP contribution in [0.25, 0.3) is 11.3 Å². The van der Waals surface area contributed by atoms with Crippen LogP contribution in [0.5, 0.6) is 0 Å². The summed E-state index contributed by atoms with van der Waals surface area (Å²) in [4.78, 5) is 3.92. The molecule has 0 unspecified atom stereocenters. The fourth-order valence-corrected chi connectivity index (χ4v) is 2.99. The predicted molar refractivity (Wildman–Crippen MR) is 70.2 cm³/mol. The van der Waals surface area contributed by atoms with Crippen molar-refractivity contribution in [1.82, 2.24) is 10.1 Å². The third-order valence-electron chi connectivity index (χ3n) is 2.34. The summed E-state index contributed by atoms with van der Waals surface area (Å²) in [5.74, 6) is 0. The first-order valence-corrected chi connectivity index (χ1v) is 7.50. The number of hydrogen-bond donors (Lipinski definition) is 0. The maximum absolute atomic E-state index is 12.5. The Morgan fingerprint density at radius 1 is 1.21 bits per heavy atom. The summed E-state index contributed by atoms with van der Waals surface area (Å²) in [6.07, 6.45) is 3.29. The van der Waals surface area contributed by atoms with Gasteiger partial charge in [-0.15, -0.1) is 0 Å². The van der Waals surface area contributed by atoms with E-state index in [4.69, 9.17) is 13.6 Å². The van der Waals surface area contributed by atoms with Gasteiger partial charge in [0.1, 0.15) is 5.69 Å². The zero-order chi connectivity index (χ0) is 13.7. The van der Waals surface area contributed by atoms with Gasteiger partial charge in [0.15, 0.2) is 0 Å². The van der Waals surface area contributed by atoms with Crippen molar-refractivity contribution >= 4 is 13.1 Å². The molecule has 0 aliphatic heterocycles. The molecule has 0 atom stereocenters. The number of rotatable bonds is 6. The smallest absolute Gasteiger partial charge is 0.348 e. The van der Waals surface area contributed by atoms with Crippen molar-refractivity contribution in [3.63, 3.8) is 0 Å². The van der Waals surface area contributed by atoms with Crippen LogP contribution >= 0.6 is 7.60 Å². The predicted octanol–water partition coefficient (Wildman–Crippen LogP) is 2.63. The van der Waals surface area contributed by atoms with Crippen molar-refractivity contribution in [2.45, 2.75) is 13.8 Å². The van der Waals surface area contributed by atoms with Crippen LogP contribution in [-0.4, -0.2) is 23.4 Å². The van der Waals surface area contributed by atoms with E-state index < -0.39 is 7.60 Å². The molecular weight excluding hydrogens is 267 g/mol. The molecule has 19 heavy (non-hydrogen) atoms. The van der Waals surface area contributed by atoms with E-state index in [1.165, 1.54) is 0 Å². The van der Waals surface area contributed by atoms with E-state index in [2.05, 4.69) is 10.1 Å². The van der Waals surface area contributed by atoms with Crippen molar-refractivity contribution in [2.75, 3.05) is 13.2 Å². The van der Waals surface area contributed by atoms with Gasteiger partial charge in [-0.25, -0.2) is 0 Å². The minimum absolute atomic E-state index is 0.114. The van der Waals surface area contributed by atoms with E-state index in [-0.39, 0.29) is 18.7 Å². The van der Waals surface area contributed by atoms with Gasteiger partial charge in [-0.1, -0.05) is 5.16 Å². The maximum Gasteiger partial charge on any atom is 0.399 e. The Bertz CT molecular complexity index is 560. The van der Waals surface area contributed by atoms with Crippen LogP contribution < -0.4 is 5.50 Å². The minimum Gasteiger partial charge on any atom is -0.348 e. The summed E-state index contributed by atoms with van der Waals surface area (Å²) < 4.78 is 28.0. The molecule has 102 valence electrons. The summed E-state index contributed by atoms with van der Waals surface area (Å²) in [7, 11) is -3.42. The fourth-order valence-electron chi connectivity index (χ4n) is 1.56. The highest BCUT2D eigenvalue weighted by Crippen LogP contribution is 2.47. The first-order chi connectivity index (χ1) is 9.19. The Morgan fingerprint density at radius 2 is 1.84 bits per heavy atom. The van der Waals surface area contributed by atoms with Crippen LogP contribution in [0.15, 0.2) is 35.1 Å². The Labute approximate surface area is 111 Å². The molecule has 2 aromatic heterocycles. The summed E-state index contributed by atoms with van der Waals surface area (Å²) in [5, 5.41) is 3.88. The third-order valence-corrected chi connectivity index (χ3v) is 4.29. The second kappa shape index (κ2) is 6.10. The van der Waals surface area contributed by atoms with Crippen LogP contribution in [-0.2, 0) is 13.6 Å². The first-order valence-electron chi connectivity index (χ1n) is 5.96. The number of hydrogen-bond acceptors (Lipinski definition) is 6. The average molecular weight is 282 g/mol. The zero-order valence-electron chi connectivity index (χ0n) is 10.8. The first kappa shape index (κ1) is 13.9. The van der Waals surface area contributed by atoms with E-state index >= 15 is 0 Å². The lowest BCUT2D eigenvalue weighted by Crippen LogP contribution is -2.08. The average Bonchev–Trinajstić information content (AvgIpc) is 2.90. The Kier molecular flexibility index (Phi) is 4.47. The molecule has 0 N–H and O–H groups in total. The third kappa shape index (κ3) is 3.10. The lowest BCUT2D eigenvalue weighted by Gasteiger charge is -2.12. The highest BCUT2D eigenvalue weighted by Gasteiger charge is 2.32. The highest BCUT2D eigenvalue weighted by molar-refractivity contribution is 7.61. The highest BCUT2D eigenvalue weighted by atomic mass is 31.2. The molecule has 0 amide bonds. The van der Waals surface area contributed by atoms with Crippen LogP contribution in [0.1, 0.15) is 13.8 Å². The molecule has 0 saturated heterocycles. The molecule has 0 aromatic carbocycles. The molecule has 0 saturated carbocycles. The van der Waals surface area contributed by atoms with E-state index in [9.17, 15) is 4.57 Å². The van der Waals surface area contributed by atoms with Gasteiger partial charge in [0.25, 0.3) is 0 Å². The molecule has 0 radical (unpaired) electrons. The second-order valence-electron chi connectivity index (χ2n) is 3.62. The van der Waals surface area contributed by atoms with Crippen LogP contribution in [0, 0.1) is 0 Å². The van der Waals surface area contributed by atoms with Gasteiger partial charge >= 0.3 is 7.60 Å². The van der Waals surface area contributed by atoms with E-state index in [1.54, 1.807) is 44.4 Å². The molecule has 0 spiro atoms. The van der Waals surface area contributed by atoms with Gasteiger partial charge in [-0.05, 0) is 26.0 Å². The van der Waals surface area contributed by atoms with Gasteiger partial charge in [-0.3, -0.25) is 9.55 Å². The SMILES string of the molecule is CCOP(=O)(OCC)c1cc(-c2ccncc2)no1. The number of pyridine rings is 1. The van der Waals surface area contributed by atoms with Crippen LogP contribution in [0.2, 0.25) is 0 Å². The van der Waals surface area contributed by atoms with Crippen molar-refractivity contribution in [1.29, 1.82) is 0 Å². The molecule has 0 aliphatic rings. The van der Waals surface area contributed by atoms with Crippen molar-refractivity contribution in [3.05, 3.63) is 30.6 Å². The number of aromatic nitrogens is 2. The quantitative estimate of drug-likeness (QED) is 0.758. The molecule has 7 heteroatoms.